The Morgan fingerprint density at radius 3 is 2.21 bits per heavy atom. The van der Waals surface area contributed by atoms with Gasteiger partial charge in [0.1, 0.15) is 6.10 Å². The van der Waals surface area contributed by atoms with Crippen LogP contribution in [0, 0.1) is 16.7 Å². The molecule has 2 bridgehead atoms. The van der Waals surface area contributed by atoms with Crippen LogP contribution < -0.4 is 0 Å². The van der Waals surface area contributed by atoms with Gasteiger partial charge in [-0.1, -0.05) is 20.8 Å². The normalized spacial score (nSPS) is 38.3. The van der Waals surface area contributed by atoms with E-state index in [2.05, 4.69) is 20.8 Å². The predicted molar refractivity (Wildman–Crippen MR) is 76.6 cm³/mol. The summed E-state index contributed by atoms with van der Waals surface area (Å²) in [5.74, 6) is 0.678. The molecule has 0 aliphatic heterocycles. The molecule has 0 unspecified atom stereocenters. The Balaban J connectivity index is 2.09. The largest absolute Gasteiger partial charge is 0.457 e. The van der Waals surface area contributed by atoms with Crippen LogP contribution in [0.4, 0.5) is 0 Å². The highest BCUT2D eigenvalue weighted by Gasteiger charge is 2.63. The monoisotopic (exact) mass is 268 g/mol. The van der Waals surface area contributed by atoms with Crippen molar-refractivity contribution < 1.29 is 14.0 Å². The lowest BCUT2D eigenvalue weighted by Gasteiger charge is -2.39. The quantitative estimate of drug-likeness (QED) is 0.581. The van der Waals surface area contributed by atoms with Crippen LogP contribution in [0.5, 0.6) is 0 Å². The highest BCUT2D eigenvalue weighted by molar-refractivity contribution is 5.74. The zero-order valence-electron chi connectivity index (χ0n) is 13.6. The molecule has 0 heterocycles. The molecule has 3 nitrogen and oxygen atoms in total. The Bertz CT molecular complexity index is 383. The maximum Gasteiger partial charge on any atom is 0.364 e. The van der Waals surface area contributed by atoms with E-state index in [1.807, 2.05) is 28.1 Å². The van der Waals surface area contributed by atoms with Gasteiger partial charge in [0, 0.05) is 5.41 Å². The minimum atomic E-state index is -0.106. The number of rotatable bonds is 3. The molecule has 2 aliphatic carbocycles. The van der Waals surface area contributed by atoms with Gasteiger partial charge in [-0.2, -0.15) is 0 Å². The fraction of sp³-hybridized carbons (Fsp3) is 0.938. The van der Waals surface area contributed by atoms with E-state index in [0.29, 0.717) is 9.90 Å². The molecule has 19 heavy (non-hydrogen) atoms. The third-order valence-electron chi connectivity index (χ3n) is 6.48. The van der Waals surface area contributed by atoms with Gasteiger partial charge in [0.25, 0.3) is 0 Å². The van der Waals surface area contributed by atoms with Crippen molar-refractivity contribution in [2.75, 3.05) is 21.1 Å². The fourth-order valence-corrected chi connectivity index (χ4v) is 3.86. The van der Waals surface area contributed by atoms with Crippen LogP contribution in [0.1, 0.15) is 47.0 Å². The van der Waals surface area contributed by atoms with Gasteiger partial charge in [-0.25, -0.2) is 4.79 Å². The van der Waals surface area contributed by atoms with Crippen LogP contribution in [-0.2, 0) is 9.53 Å². The molecule has 0 radical (unpaired) electrons. The third-order valence-corrected chi connectivity index (χ3v) is 6.48. The maximum absolute atomic E-state index is 12.3. The van der Waals surface area contributed by atoms with Gasteiger partial charge in [-0.3, -0.25) is 0 Å². The summed E-state index contributed by atoms with van der Waals surface area (Å²) in [7, 11) is 6.12. The van der Waals surface area contributed by atoms with E-state index < -0.39 is 0 Å². The minimum absolute atomic E-state index is 0.0397. The number of hydrogen-bond acceptors (Lipinski definition) is 2. The first-order chi connectivity index (χ1) is 8.50. The van der Waals surface area contributed by atoms with E-state index in [0.717, 1.165) is 12.3 Å². The van der Waals surface area contributed by atoms with Gasteiger partial charge in [0.2, 0.25) is 0 Å². The van der Waals surface area contributed by atoms with Crippen molar-refractivity contribution in [2.45, 2.75) is 59.1 Å². The molecule has 0 amide bonds. The van der Waals surface area contributed by atoms with Gasteiger partial charge in [-0.15, -0.1) is 0 Å². The van der Waals surface area contributed by atoms with Crippen molar-refractivity contribution >= 4 is 5.97 Å². The second-order valence-corrected chi connectivity index (χ2v) is 8.33. The SMILES string of the molecule is C[C@@H](C(=O)O[C@H]1C[C@@H]2CC[C@]1(C)C2(C)C)[N+](C)(C)C. The van der Waals surface area contributed by atoms with Crippen molar-refractivity contribution in [3.8, 4) is 0 Å². The number of nitrogens with zero attached hydrogens (tertiary/aromatic N) is 1. The zero-order chi connectivity index (χ0) is 14.6. The minimum Gasteiger partial charge on any atom is -0.457 e. The van der Waals surface area contributed by atoms with E-state index >= 15 is 0 Å². The molecule has 0 N–H and O–H groups in total. The molecule has 0 aromatic heterocycles. The first-order valence-corrected chi connectivity index (χ1v) is 7.52. The summed E-state index contributed by atoms with van der Waals surface area (Å²) in [4.78, 5) is 12.3. The average Bonchev–Trinajstić information content (AvgIpc) is 2.59. The first-order valence-electron chi connectivity index (χ1n) is 7.52. The molecular formula is C16H30NO2+. The molecule has 0 saturated heterocycles. The number of likely N-dealkylation sites (N-methyl/N-ethyl adjacent to an activating group) is 1. The van der Waals surface area contributed by atoms with Gasteiger partial charge in [0.05, 0.1) is 21.1 Å². The van der Waals surface area contributed by atoms with Gasteiger partial charge in [0.15, 0.2) is 6.04 Å². The molecule has 4 atom stereocenters. The Hall–Kier alpha value is -0.570. The van der Waals surface area contributed by atoms with Gasteiger partial charge >= 0.3 is 5.97 Å². The summed E-state index contributed by atoms with van der Waals surface area (Å²) < 4.78 is 6.54. The van der Waals surface area contributed by atoms with E-state index in [9.17, 15) is 4.79 Å². The van der Waals surface area contributed by atoms with Crippen molar-refractivity contribution in [2.24, 2.45) is 16.7 Å². The number of ether oxygens (including phenoxy) is 1. The Morgan fingerprint density at radius 1 is 1.26 bits per heavy atom. The maximum atomic E-state index is 12.3. The van der Waals surface area contributed by atoms with Crippen molar-refractivity contribution in [3.05, 3.63) is 0 Å². The third kappa shape index (κ3) is 2.10. The summed E-state index contributed by atoms with van der Waals surface area (Å²) in [5, 5.41) is 0. The van der Waals surface area contributed by atoms with E-state index in [1.54, 1.807) is 0 Å². The molecule has 2 saturated carbocycles. The van der Waals surface area contributed by atoms with Gasteiger partial charge in [-0.05, 0) is 37.5 Å². The molecule has 2 rings (SSSR count). The number of carbonyl (C=O) groups is 1. The summed E-state index contributed by atoms with van der Waals surface area (Å²) in [6, 6.07) is -0.106. The zero-order valence-corrected chi connectivity index (χ0v) is 13.6. The topological polar surface area (TPSA) is 26.3 Å². The van der Waals surface area contributed by atoms with Crippen LogP contribution >= 0.6 is 0 Å². The van der Waals surface area contributed by atoms with E-state index in [1.165, 1.54) is 12.8 Å². The Labute approximate surface area is 117 Å². The first kappa shape index (κ1) is 14.8. The van der Waals surface area contributed by atoms with Crippen LogP contribution in [0.15, 0.2) is 0 Å². The van der Waals surface area contributed by atoms with E-state index in [-0.39, 0.29) is 23.5 Å². The molecule has 3 heteroatoms. The molecular weight excluding hydrogens is 238 g/mol. The molecule has 0 aromatic rings. The number of quaternary nitrogens is 1. The summed E-state index contributed by atoms with van der Waals surface area (Å²) >= 11 is 0. The van der Waals surface area contributed by atoms with Crippen molar-refractivity contribution in [3.63, 3.8) is 0 Å². The number of carbonyl (C=O) groups excluding carboxylic acids is 1. The Kier molecular flexibility index (Phi) is 3.29. The Morgan fingerprint density at radius 2 is 1.84 bits per heavy atom. The molecule has 2 fully saturated rings. The smallest absolute Gasteiger partial charge is 0.364 e. The molecule has 110 valence electrons. The second kappa shape index (κ2) is 4.21. The number of esters is 1. The average molecular weight is 268 g/mol. The second-order valence-electron chi connectivity index (χ2n) is 8.33. The lowest BCUT2D eigenvalue weighted by Crippen LogP contribution is -2.50. The summed E-state index contributed by atoms with van der Waals surface area (Å²) in [6.45, 7) is 8.97. The number of hydrogen-bond donors (Lipinski definition) is 0. The lowest BCUT2D eigenvalue weighted by atomic mass is 9.70. The van der Waals surface area contributed by atoms with E-state index in [4.69, 9.17) is 4.74 Å². The summed E-state index contributed by atoms with van der Waals surface area (Å²) in [6.07, 6.45) is 3.66. The van der Waals surface area contributed by atoms with Gasteiger partial charge < -0.3 is 9.22 Å². The van der Waals surface area contributed by atoms with Crippen molar-refractivity contribution in [1.82, 2.24) is 0 Å². The van der Waals surface area contributed by atoms with Crippen LogP contribution in [0.25, 0.3) is 0 Å². The van der Waals surface area contributed by atoms with Crippen LogP contribution in [0.2, 0.25) is 0 Å². The molecule has 0 spiro atoms. The highest BCUT2D eigenvalue weighted by atomic mass is 16.5. The van der Waals surface area contributed by atoms with Crippen LogP contribution in [-0.4, -0.2) is 43.7 Å². The standard InChI is InChI=1S/C16H30NO2/c1-11(17(5,6)7)14(18)19-13-10-12-8-9-16(13,4)15(12,2)3/h11-13H,8-10H2,1-7H3/q+1/t11-,12-,13-,16-/m0/s1. The molecule has 2 aliphatic rings. The highest BCUT2D eigenvalue weighted by Crippen LogP contribution is 2.66. The number of fused-ring (bicyclic) bond motifs is 2. The molecule has 0 aromatic carbocycles. The van der Waals surface area contributed by atoms with Crippen LogP contribution in [0.3, 0.4) is 0 Å². The lowest BCUT2D eigenvalue weighted by molar-refractivity contribution is -0.885. The summed E-state index contributed by atoms with van der Waals surface area (Å²) in [5.41, 5.74) is 0.468. The predicted octanol–water partition coefficient (Wildman–Crippen LogP) is 2.84. The fourth-order valence-electron chi connectivity index (χ4n) is 3.86. The van der Waals surface area contributed by atoms with Crippen molar-refractivity contribution in [1.29, 1.82) is 0 Å².